The van der Waals surface area contributed by atoms with E-state index in [4.69, 9.17) is 17.0 Å². The molecule has 2 rings (SSSR count). The van der Waals surface area contributed by atoms with Crippen molar-refractivity contribution in [3.05, 3.63) is 56.5 Å². The maximum Gasteiger partial charge on any atom is 0.261 e. The molecule has 0 spiro atoms. The number of nitrogens with one attached hydrogen (secondary N) is 2. The van der Waals surface area contributed by atoms with Gasteiger partial charge in [0.15, 0.2) is 5.11 Å². The number of anilines is 1. The molecule has 26 heavy (non-hydrogen) atoms. The van der Waals surface area contributed by atoms with Gasteiger partial charge >= 0.3 is 0 Å². The van der Waals surface area contributed by atoms with E-state index in [1.807, 2.05) is 24.3 Å². The Hall–Kier alpha value is -1.44. The van der Waals surface area contributed by atoms with E-state index >= 15 is 0 Å². The number of methoxy groups -OCH3 is 1. The van der Waals surface area contributed by atoms with Crippen LogP contribution in [0, 0.1) is 0 Å². The van der Waals surface area contributed by atoms with Gasteiger partial charge in [0.2, 0.25) is 0 Å². The van der Waals surface area contributed by atoms with Crippen molar-refractivity contribution in [2.75, 3.05) is 12.4 Å². The smallest absolute Gasteiger partial charge is 0.261 e. The summed E-state index contributed by atoms with van der Waals surface area (Å²) in [4.78, 5) is 12.6. The molecule has 7 heteroatoms. The number of carbonyl (C=O) groups excluding carboxylic acids is 1. The standard InChI is InChI=1S/C19H20Br2N2O2S/c1-4-11(2)13-7-5-6-8-16(13)22-19(26)23-18(24)14-9-12(20)10-15(21)17(14)25-3/h5-11H,4H2,1-3H3,(H2,22,23,24,26)/t11-/m0/s1. The van der Waals surface area contributed by atoms with E-state index in [-0.39, 0.29) is 11.0 Å². The van der Waals surface area contributed by atoms with Crippen LogP contribution in [0.25, 0.3) is 0 Å². The number of amides is 1. The van der Waals surface area contributed by atoms with Crippen LogP contribution in [0.2, 0.25) is 0 Å². The molecule has 0 saturated heterocycles. The number of hydrogen-bond acceptors (Lipinski definition) is 3. The van der Waals surface area contributed by atoms with Crippen LogP contribution in [0.15, 0.2) is 45.3 Å². The third kappa shape index (κ3) is 5.05. The van der Waals surface area contributed by atoms with Crippen molar-refractivity contribution < 1.29 is 9.53 Å². The maximum absolute atomic E-state index is 12.6. The molecule has 0 unspecified atom stereocenters. The highest BCUT2D eigenvalue weighted by atomic mass is 79.9. The Kier molecular flexibility index (Phi) is 7.61. The largest absolute Gasteiger partial charge is 0.495 e. The molecule has 2 aromatic rings. The number of hydrogen-bond donors (Lipinski definition) is 2. The van der Waals surface area contributed by atoms with E-state index in [0.29, 0.717) is 21.7 Å². The van der Waals surface area contributed by atoms with Crippen LogP contribution >= 0.6 is 44.1 Å². The van der Waals surface area contributed by atoms with E-state index in [1.165, 1.54) is 7.11 Å². The molecule has 0 aliphatic heterocycles. The molecule has 0 heterocycles. The predicted octanol–water partition coefficient (Wildman–Crippen LogP) is 5.86. The third-order valence-electron chi connectivity index (χ3n) is 4.04. The zero-order chi connectivity index (χ0) is 19.3. The summed E-state index contributed by atoms with van der Waals surface area (Å²) in [6.45, 7) is 4.30. The van der Waals surface area contributed by atoms with Crippen LogP contribution in [0.4, 0.5) is 5.69 Å². The number of ether oxygens (including phenoxy) is 1. The number of rotatable bonds is 5. The summed E-state index contributed by atoms with van der Waals surface area (Å²) in [6, 6.07) is 11.5. The van der Waals surface area contributed by atoms with Crippen molar-refractivity contribution in [2.24, 2.45) is 0 Å². The van der Waals surface area contributed by atoms with Crippen molar-refractivity contribution in [3.63, 3.8) is 0 Å². The number of thiocarbonyl (C=S) groups is 1. The molecule has 1 amide bonds. The van der Waals surface area contributed by atoms with E-state index < -0.39 is 0 Å². The molecule has 0 saturated carbocycles. The van der Waals surface area contributed by atoms with Gasteiger partial charge in [-0.2, -0.15) is 0 Å². The molecule has 2 aromatic carbocycles. The van der Waals surface area contributed by atoms with Gasteiger partial charge in [0.25, 0.3) is 5.91 Å². The molecule has 0 aliphatic carbocycles. The first-order valence-electron chi connectivity index (χ1n) is 8.11. The first-order chi connectivity index (χ1) is 12.4. The van der Waals surface area contributed by atoms with Crippen molar-refractivity contribution >= 4 is 60.8 Å². The molecule has 138 valence electrons. The van der Waals surface area contributed by atoms with Crippen LogP contribution in [0.1, 0.15) is 42.1 Å². The van der Waals surface area contributed by atoms with Gasteiger partial charge in [-0.25, -0.2) is 0 Å². The first kappa shape index (κ1) is 20.9. The van der Waals surface area contributed by atoms with Crippen LogP contribution in [-0.4, -0.2) is 18.1 Å². The molecule has 0 bridgehead atoms. The van der Waals surface area contributed by atoms with Gasteiger partial charge in [-0.15, -0.1) is 0 Å². The minimum atomic E-state index is -0.345. The van der Waals surface area contributed by atoms with Crippen molar-refractivity contribution in [2.45, 2.75) is 26.2 Å². The van der Waals surface area contributed by atoms with Crippen molar-refractivity contribution in [1.29, 1.82) is 0 Å². The Morgan fingerprint density at radius 3 is 2.62 bits per heavy atom. The second-order valence-corrected chi connectivity index (χ2v) is 7.95. The van der Waals surface area contributed by atoms with E-state index in [2.05, 4.69) is 62.4 Å². The Bertz CT molecular complexity index is 827. The molecular weight excluding hydrogens is 480 g/mol. The molecule has 0 aromatic heterocycles. The molecule has 4 nitrogen and oxygen atoms in total. The average molecular weight is 500 g/mol. The van der Waals surface area contributed by atoms with Gasteiger partial charge < -0.3 is 10.1 Å². The van der Waals surface area contributed by atoms with Crippen molar-refractivity contribution in [1.82, 2.24) is 5.32 Å². The summed E-state index contributed by atoms with van der Waals surface area (Å²) in [5.41, 5.74) is 2.44. The predicted molar refractivity (Wildman–Crippen MR) is 117 cm³/mol. The highest BCUT2D eigenvalue weighted by Crippen LogP contribution is 2.32. The van der Waals surface area contributed by atoms with Gasteiger partial charge in [0.05, 0.1) is 17.1 Å². The third-order valence-corrected chi connectivity index (χ3v) is 5.29. The second-order valence-electron chi connectivity index (χ2n) is 5.77. The Morgan fingerprint density at radius 2 is 1.96 bits per heavy atom. The fraction of sp³-hybridized carbons (Fsp3) is 0.263. The zero-order valence-electron chi connectivity index (χ0n) is 14.7. The lowest BCUT2D eigenvalue weighted by Gasteiger charge is -2.17. The number of halogens is 2. The molecule has 2 N–H and O–H groups in total. The minimum Gasteiger partial charge on any atom is -0.495 e. The summed E-state index contributed by atoms with van der Waals surface area (Å²) in [5.74, 6) is 0.495. The highest BCUT2D eigenvalue weighted by Gasteiger charge is 2.18. The van der Waals surface area contributed by atoms with E-state index in [9.17, 15) is 4.79 Å². The van der Waals surface area contributed by atoms with Crippen LogP contribution < -0.4 is 15.4 Å². The molecular formula is C19H20Br2N2O2S. The average Bonchev–Trinajstić information content (AvgIpc) is 2.60. The lowest BCUT2D eigenvalue weighted by atomic mass is 9.97. The van der Waals surface area contributed by atoms with Crippen molar-refractivity contribution in [3.8, 4) is 5.75 Å². The van der Waals surface area contributed by atoms with Crippen LogP contribution in [0.5, 0.6) is 5.75 Å². The number of para-hydroxylation sites is 1. The minimum absolute atomic E-state index is 0.240. The SMILES string of the molecule is CC[C@H](C)c1ccccc1NC(=S)NC(=O)c1cc(Br)cc(Br)c1OC. The van der Waals surface area contributed by atoms with Gasteiger partial charge in [-0.05, 0) is 64.2 Å². The van der Waals surface area contributed by atoms with Gasteiger partial charge in [0.1, 0.15) is 5.75 Å². The van der Waals surface area contributed by atoms with Gasteiger partial charge in [0, 0.05) is 10.2 Å². The van der Waals surface area contributed by atoms with Crippen LogP contribution in [-0.2, 0) is 0 Å². The Labute approximate surface area is 176 Å². The van der Waals surface area contributed by atoms with Gasteiger partial charge in [-0.1, -0.05) is 48.0 Å². The quantitative estimate of drug-likeness (QED) is 0.506. The summed E-state index contributed by atoms with van der Waals surface area (Å²) in [7, 11) is 1.52. The number of carbonyl (C=O) groups is 1. The molecule has 0 fully saturated rings. The maximum atomic E-state index is 12.6. The molecule has 0 radical (unpaired) electrons. The highest BCUT2D eigenvalue weighted by molar-refractivity contribution is 9.11. The second kappa shape index (κ2) is 9.48. The summed E-state index contributed by atoms with van der Waals surface area (Å²) in [5, 5.41) is 6.09. The van der Waals surface area contributed by atoms with Crippen LogP contribution in [0.3, 0.4) is 0 Å². The fourth-order valence-corrected chi connectivity index (χ4v) is 4.11. The number of benzene rings is 2. The monoisotopic (exact) mass is 498 g/mol. The zero-order valence-corrected chi connectivity index (χ0v) is 18.7. The lowest BCUT2D eigenvalue weighted by Crippen LogP contribution is -2.34. The topological polar surface area (TPSA) is 50.4 Å². The summed E-state index contributed by atoms with van der Waals surface area (Å²) < 4.78 is 6.77. The Balaban J connectivity index is 2.18. The molecule has 0 aliphatic rings. The first-order valence-corrected chi connectivity index (χ1v) is 10.1. The summed E-state index contributed by atoms with van der Waals surface area (Å²) in [6.07, 6.45) is 1.01. The normalized spacial score (nSPS) is 11.6. The van der Waals surface area contributed by atoms with E-state index in [1.54, 1.807) is 6.07 Å². The lowest BCUT2D eigenvalue weighted by molar-refractivity contribution is 0.0974. The van der Waals surface area contributed by atoms with E-state index in [0.717, 1.165) is 22.1 Å². The fourth-order valence-electron chi connectivity index (χ4n) is 2.52. The van der Waals surface area contributed by atoms with Gasteiger partial charge in [-0.3, -0.25) is 10.1 Å². The molecule has 1 atom stereocenters. The summed E-state index contributed by atoms with van der Waals surface area (Å²) >= 11 is 12.1. The Morgan fingerprint density at radius 1 is 1.27 bits per heavy atom.